The summed E-state index contributed by atoms with van der Waals surface area (Å²) in [5, 5.41) is 0. The van der Waals surface area contributed by atoms with E-state index in [1.807, 2.05) is 13.8 Å². The standard InChI is InChI=1S/C8H17NO.C2H6/c1-9-5-3-8(4-6-9)7-10-2;1-2/h8H,3-7H2,1-2H3;1-2H3. The molecule has 0 aromatic heterocycles. The van der Waals surface area contributed by atoms with Crippen molar-refractivity contribution >= 4 is 0 Å². The maximum atomic E-state index is 5.10. The molecule has 0 aromatic rings. The Labute approximate surface area is 76.9 Å². The van der Waals surface area contributed by atoms with Gasteiger partial charge in [-0.3, -0.25) is 0 Å². The Bertz CT molecular complexity index is 87.8. The third kappa shape index (κ3) is 4.73. The molecular formula is C10H23NO. The first-order chi connectivity index (χ1) is 5.83. The molecular weight excluding hydrogens is 150 g/mol. The number of hydrogen-bond acceptors (Lipinski definition) is 2. The van der Waals surface area contributed by atoms with Crippen LogP contribution in [-0.4, -0.2) is 38.8 Å². The molecule has 0 unspecified atom stereocenters. The van der Waals surface area contributed by atoms with Crippen LogP contribution in [-0.2, 0) is 4.74 Å². The van der Waals surface area contributed by atoms with Crippen LogP contribution in [0.15, 0.2) is 0 Å². The van der Waals surface area contributed by atoms with Crippen molar-refractivity contribution in [1.82, 2.24) is 4.90 Å². The van der Waals surface area contributed by atoms with E-state index >= 15 is 0 Å². The van der Waals surface area contributed by atoms with Crippen LogP contribution in [0.25, 0.3) is 0 Å². The fourth-order valence-electron chi connectivity index (χ4n) is 1.46. The third-order valence-electron chi connectivity index (χ3n) is 2.24. The molecule has 2 nitrogen and oxygen atoms in total. The van der Waals surface area contributed by atoms with Crippen molar-refractivity contribution in [3.8, 4) is 0 Å². The number of rotatable bonds is 2. The minimum absolute atomic E-state index is 0.821. The zero-order valence-corrected chi connectivity index (χ0v) is 8.97. The Balaban J connectivity index is 0.000000561. The number of piperidine rings is 1. The smallest absolute Gasteiger partial charge is 0.0491 e. The fraction of sp³-hybridized carbons (Fsp3) is 1.00. The van der Waals surface area contributed by atoms with Gasteiger partial charge in [-0.25, -0.2) is 0 Å². The second-order valence-corrected chi connectivity index (χ2v) is 3.20. The average molecular weight is 173 g/mol. The van der Waals surface area contributed by atoms with Crippen molar-refractivity contribution in [1.29, 1.82) is 0 Å². The fourth-order valence-corrected chi connectivity index (χ4v) is 1.46. The first kappa shape index (κ1) is 11.9. The van der Waals surface area contributed by atoms with Crippen molar-refractivity contribution < 1.29 is 4.74 Å². The largest absolute Gasteiger partial charge is 0.384 e. The Hall–Kier alpha value is -0.0800. The number of likely N-dealkylation sites (tertiary alicyclic amines) is 1. The number of ether oxygens (including phenoxy) is 1. The molecule has 1 heterocycles. The SMILES string of the molecule is CC.COCC1CCN(C)CC1. The highest BCUT2D eigenvalue weighted by Gasteiger charge is 2.15. The second kappa shape index (κ2) is 7.56. The lowest BCUT2D eigenvalue weighted by atomic mass is 9.98. The van der Waals surface area contributed by atoms with Gasteiger partial charge in [0.1, 0.15) is 0 Å². The molecule has 0 aromatic carbocycles. The van der Waals surface area contributed by atoms with Crippen LogP contribution in [0.3, 0.4) is 0 Å². The quantitative estimate of drug-likeness (QED) is 0.633. The number of nitrogens with zero attached hydrogens (tertiary/aromatic N) is 1. The lowest BCUT2D eigenvalue weighted by Crippen LogP contribution is -2.31. The molecule has 1 rings (SSSR count). The highest BCUT2D eigenvalue weighted by Crippen LogP contribution is 2.15. The number of hydrogen-bond donors (Lipinski definition) is 0. The average Bonchev–Trinajstić information content (AvgIpc) is 2.13. The molecule has 12 heavy (non-hydrogen) atoms. The molecule has 2 heteroatoms. The van der Waals surface area contributed by atoms with Crippen LogP contribution in [0.1, 0.15) is 26.7 Å². The van der Waals surface area contributed by atoms with Crippen LogP contribution in [0, 0.1) is 5.92 Å². The van der Waals surface area contributed by atoms with Crippen LogP contribution >= 0.6 is 0 Å². The van der Waals surface area contributed by atoms with Gasteiger partial charge < -0.3 is 9.64 Å². The summed E-state index contributed by atoms with van der Waals surface area (Å²) in [6.07, 6.45) is 2.62. The van der Waals surface area contributed by atoms with Crippen molar-refractivity contribution in [2.24, 2.45) is 5.92 Å². The summed E-state index contributed by atoms with van der Waals surface area (Å²) in [6, 6.07) is 0. The van der Waals surface area contributed by atoms with E-state index < -0.39 is 0 Å². The predicted molar refractivity (Wildman–Crippen MR) is 53.4 cm³/mol. The highest BCUT2D eigenvalue weighted by atomic mass is 16.5. The topological polar surface area (TPSA) is 12.5 Å². The van der Waals surface area contributed by atoms with E-state index in [1.54, 1.807) is 7.11 Å². The van der Waals surface area contributed by atoms with E-state index in [2.05, 4.69) is 11.9 Å². The zero-order valence-electron chi connectivity index (χ0n) is 8.97. The summed E-state index contributed by atoms with van der Waals surface area (Å²) in [7, 11) is 3.97. The van der Waals surface area contributed by atoms with E-state index in [0.717, 1.165) is 12.5 Å². The van der Waals surface area contributed by atoms with Gasteiger partial charge in [-0.1, -0.05) is 13.8 Å². The Morgan fingerprint density at radius 3 is 2.17 bits per heavy atom. The molecule has 1 fully saturated rings. The van der Waals surface area contributed by atoms with E-state index in [-0.39, 0.29) is 0 Å². The van der Waals surface area contributed by atoms with Crippen molar-refractivity contribution in [3.63, 3.8) is 0 Å². The third-order valence-corrected chi connectivity index (χ3v) is 2.24. The maximum absolute atomic E-state index is 5.10. The Morgan fingerprint density at radius 2 is 1.75 bits per heavy atom. The minimum Gasteiger partial charge on any atom is -0.384 e. The summed E-state index contributed by atoms with van der Waals surface area (Å²) in [6.45, 7) is 7.44. The predicted octanol–water partition coefficient (Wildman–Crippen LogP) is 2.00. The molecule has 0 spiro atoms. The lowest BCUT2D eigenvalue weighted by molar-refractivity contribution is 0.109. The molecule has 74 valence electrons. The van der Waals surface area contributed by atoms with Crippen LogP contribution in [0.2, 0.25) is 0 Å². The molecule has 0 N–H and O–H groups in total. The van der Waals surface area contributed by atoms with Gasteiger partial charge in [0, 0.05) is 13.7 Å². The van der Waals surface area contributed by atoms with Gasteiger partial charge in [0.15, 0.2) is 0 Å². The molecule has 0 amide bonds. The first-order valence-electron chi connectivity index (χ1n) is 5.00. The zero-order chi connectivity index (χ0) is 9.40. The molecule has 0 atom stereocenters. The second-order valence-electron chi connectivity index (χ2n) is 3.20. The summed E-state index contributed by atoms with van der Waals surface area (Å²) in [5.74, 6) is 0.821. The van der Waals surface area contributed by atoms with E-state index in [4.69, 9.17) is 4.74 Å². The molecule has 1 aliphatic rings. The van der Waals surface area contributed by atoms with Crippen LogP contribution in [0.5, 0.6) is 0 Å². The van der Waals surface area contributed by atoms with Crippen molar-refractivity contribution in [2.75, 3.05) is 33.9 Å². The molecule has 0 bridgehead atoms. The Kier molecular flexibility index (Phi) is 7.51. The number of methoxy groups -OCH3 is 1. The Morgan fingerprint density at radius 1 is 1.25 bits per heavy atom. The summed E-state index contributed by atoms with van der Waals surface area (Å²) < 4.78 is 5.10. The van der Waals surface area contributed by atoms with Gasteiger partial charge in [-0.2, -0.15) is 0 Å². The van der Waals surface area contributed by atoms with Crippen molar-refractivity contribution in [3.05, 3.63) is 0 Å². The molecule has 0 radical (unpaired) electrons. The highest BCUT2D eigenvalue weighted by molar-refractivity contribution is 4.68. The maximum Gasteiger partial charge on any atom is 0.0491 e. The molecule has 1 saturated heterocycles. The molecule has 0 aliphatic carbocycles. The normalized spacial score (nSPS) is 20.0. The van der Waals surface area contributed by atoms with Crippen molar-refractivity contribution in [2.45, 2.75) is 26.7 Å². The summed E-state index contributed by atoms with van der Waals surface area (Å²) in [4.78, 5) is 2.38. The van der Waals surface area contributed by atoms with Gasteiger partial charge in [-0.05, 0) is 38.9 Å². The van der Waals surface area contributed by atoms with Gasteiger partial charge in [-0.15, -0.1) is 0 Å². The van der Waals surface area contributed by atoms with Crippen LogP contribution in [0.4, 0.5) is 0 Å². The lowest BCUT2D eigenvalue weighted by Gasteiger charge is -2.28. The van der Waals surface area contributed by atoms with Crippen LogP contribution < -0.4 is 0 Å². The monoisotopic (exact) mass is 173 g/mol. The van der Waals surface area contributed by atoms with E-state index in [0.29, 0.717) is 0 Å². The molecule has 0 saturated carbocycles. The van der Waals surface area contributed by atoms with Gasteiger partial charge in [0.05, 0.1) is 0 Å². The first-order valence-corrected chi connectivity index (χ1v) is 5.00. The summed E-state index contributed by atoms with van der Waals surface area (Å²) >= 11 is 0. The van der Waals surface area contributed by atoms with E-state index in [1.165, 1.54) is 25.9 Å². The molecule has 1 aliphatic heterocycles. The van der Waals surface area contributed by atoms with Gasteiger partial charge in [0.2, 0.25) is 0 Å². The van der Waals surface area contributed by atoms with E-state index in [9.17, 15) is 0 Å². The van der Waals surface area contributed by atoms with Gasteiger partial charge in [0.25, 0.3) is 0 Å². The van der Waals surface area contributed by atoms with Gasteiger partial charge >= 0.3 is 0 Å². The summed E-state index contributed by atoms with van der Waals surface area (Å²) in [5.41, 5.74) is 0. The minimum atomic E-state index is 0.821.